The molecule has 0 aliphatic rings. The standard InChI is InChI=1S/C24H26N2O2S/c27-23(14-7-17-25-24(28)22-13-8-18-29-22)26-21(20-11-5-2-6-12-20)16-15-19-9-3-1-4-10-19/h1-6,8-13,18,21H,7,14-17H2,(H,25,28)(H,26,27). The fourth-order valence-corrected chi connectivity index (χ4v) is 3.82. The Balaban J connectivity index is 1.47. The number of rotatable bonds is 10. The van der Waals surface area contributed by atoms with Gasteiger partial charge in [0.05, 0.1) is 10.9 Å². The van der Waals surface area contributed by atoms with Crippen LogP contribution in [0.1, 0.15) is 46.1 Å². The molecular formula is C24H26N2O2S. The molecule has 1 heterocycles. The second kappa shape index (κ2) is 11.2. The Kier molecular flexibility index (Phi) is 8.01. The van der Waals surface area contributed by atoms with E-state index in [9.17, 15) is 9.59 Å². The molecule has 3 aromatic rings. The summed E-state index contributed by atoms with van der Waals surface area (Å²) in [6, 6.07) is 24.0. The molecule has 0 spiro atoms. The number of aryl methyl sites for hydroxylation is 1. The maximum Gasteiger partial charge on any atom is 0.261 e. The summed E-state index contributed by atoms with van der Waals surface area (Å²) < 4.78 is 0. The third-order valence-electron chi connectivity index (χ3n) is 4.71. The molecule has 150 valence electrons. The number of benzene rings is 2. The minimum absolute atomic E-state index is 0.0114. The summed E-state index contributed by atoms with van der Waals surface area (Å²) in [6.45, 7) is 0.490. The summed E-state index contributed by atoms with van der Waals surface area (Å²) in [7, 11) is 0. The molecule has 29 heavy (non-hydrogen) atoms. The van der Waals surface area contributed by atoms with Gasteiger partial charge in [0.25, 0.3) is 5.91 Å². The Bertz CT molecular complexity index is 880. The maximum atomic E-state index is 12.5. The first-order valence-electron chi connectivity index (χ1n) is 9.92. The Labute approximate surface area is 176 Å². The van der Waals surface area contributed by atoms with E-state index in [1.165, 1.54) is 16.9 Å². The van der Waals surface area contributed by atoms with Crippen molar-refractivity contribution >= 4 is 23.2 Å². The molecule has 2 aromatic carbocycles. The van der Waals surface area contributed by atoms with Crippen LogP contribution < -0.4 is 10.6 Å². The molecule has 3 rings (SSSR count). The van der Waals surface area contributed by atoms with Crippen molar-refractivity contribution in [1.82, 2.24) is 10.6 Å². The molecule has 1 atom stereocenters. The highest BCUT2D eigenvalue weighted by atomic mass is 32.1. The average Bonchev–Trinajstić information content (AvgIpc) is 3.30. The molecule has 1 unspecified atom stereocenters. The van der Waals surface area contributed by atoms with E-state index in [-0.39, 0.29) is 17.9 Å². The van der Waals surface area contributed by atoms with Gasteiger partial charge < -0.3 is 10.6 Å². The van der Waals surface area contributed by atoms with Crippen molar-refractivity contribution in [1.29, 1.82) is 0 Å². The lowest BCUT2D eigenvalue weighted by Gasteiger charge is -2.19. The fraction of sp³-hybridized carbons (Fsp3) is 0.250. The van der Waals surface area contributed by atoms with E-state index in [2.05, 4.69) is 34.9 Å². The van der Waals surface area contributed by atoms with Crippen LogP contribution in [-0.2, 0) is 11.2 Å². The molecule has 2 amide bonds. The smallest absolute Gasteiger partial charge is 0.261 e. The number of amides is 2. The van der Waals surface area contributed by atoms with E-state index < -0.39 is 0 Å². The van der Waals surface area contributed by atoms with Gasteiger partial charge in [-0.25, -0.2) is 0 Å². The molecule has 0 saturated carbocycles. The topological polar surface area (TPSA) is 58.2 Å². The molecular weight excluding hydrogens is 380 g/mol. The summed E-state index contributed by atoms with van der Waals surface area (Å²) in [5.41, 5.74) is 2.38. The van der Waals surface area contributed by atoms with Crippen LogP contribution in [0.2, 0.25) is 0 Å². The van der Waals surface area contributed by atoms with E-state index in [1.807, 2.05) is 47.8 Å². The molecule has 0 bridgehead atoms. The molecule has 4 nitrogen and oxygen atoms in total. The molecule has 2 N–H and O–H groups in total. The first-order valence-corrected chi connectivity index (χ1v) is 10.8. The number of thiophene rings is 1. The first kappa shape index (κ1) is 20.8. The highest BCUT2D eigenvalue weighted by molar-refractivity contribution is 7.12. The van der Waals surface area contributed by atoms with Gasteiger partial charge in [-0.15, -0.1) is 11.3 Å². The largest absolute Gasteiger partial charge is 0.351 e. The molecule has 0 aliphatic heterocycles. The summed E-state index contributed by atoms with van der Waals surface area (Å²) in [6.07, 6.45) is 2.75. The zero-order chi connectivity index (χ0) is 20.3. The van der Waals surface area contributed by atoms with E-state index in [0.29, 0.717) is 24.3 Å². The van der Waals surface area contributed by atoms with E-state index >= 15 is 0 Å². The number of nitrogens with one attached hydrogen (secondary N) is 2. The van der Waals surface area contributed by atoms with Gasteiger partial charge in [0.1, 0.15) is 0 Å². The van der Waals surface area contributed by atoms with Crippen LogP contribution in [0.5, 0.6) is 0 Å². The van der Waals surface area contributed by atoms with Crippen LogP contribution in [0.25, 0.3) is 0 Å². The molecule has 1 aromatic heterocycles. The van der Waals surface area contributed by atoms with Gasteiger partial charge in [-0.1, -0.05) is 66.7 Å². The van der Waals surface area contributed by atoms with Gasteiger partial charge in [-0.05, 0) is 41.8 Å². The number of hydrogen-bond acceptors (Lipinski definition) is 3. The van der Waals surface area contributed by atoms with Crippen molar-refractivity contribution in [3.05, 3.63) is 94.2 Å². The Morgan fingerprint density at radius 1 is 0.897 bits per heavy atom. The van der Waals surface area contributed by atoms with Crippen molar-refractivity contribution in [2.45, 2.75) is 31.7 Å². The lowest BCUT2D eigenvalue weighted by atomic mass is 9.98. The third kappa shape index (κ3) is 6.88. The molecule has 0 radical (unpaired) electrons. The van der Waals surface area contributed by atoms with Crippen molar-refractivity contribution in [3.63, 3.8) is 0 Å². The van der Waals surface area contributed by atoms with Gasteiger partial charge in [0, 0.05) is 13.0 Å². The number of carbonyl (C=O) groups excluding carboxylic acids is 2. The normalized spacial score (nSPS) is 11.6. The SMILES string of the molecule is O=C(CCCNC(=O)c1cccs1)NC(CCc1ccccc1)c1ccccc1. The van der Waals surface area contributed by atoms with Gasteiger partial charge >= 0.3 is 0 Å². The van der Waals surface area contributed by atoms with Crippen LogP contribution in [0.15, 0.2) is 78.2 Å². The summed E-state index contributed by atoms with van der Waals surface area (Å²) in [4.78, 5) is 25.1. The monoisotopic (exact) mass is 406 g/mol. The van der Waals surface area contributed by atoms with Gasteiger partial charge in [0.2, 0.25) is 5.91 Å². The molecule has 5 heteroatoms. The van der Waals surface area contributed by atoms with Gasteiger partial charge in [-0.2, -0.15) is 0 Å². The van der Waals surface area contributed by atoms with Crippen molar-refractivity contribution < 1.29 is 9.59 Å². The second-order valence-electron chi connectivity index (χ2n) is 6.89. The molecule has 0 aliphatic carbocycles. The van der Waals surface area contributed by atoms with Crippen molar-refractivity contribution in [2.24, 2.45) is 0 Å². The van der Waals surface area contributed by atoms with E-state index in [1.54, 1.807) is 6.07 Å². The zero-order valence-corrected chi connectivity index (χ0v) is 17.2. The lowest BCUT2D eigenvalue weighted by Crippen LogP contribution is -2.30. The van der Waals surface area contributed by atoms with E-state index in [0.717, 1.165) is 18.4 Å². The second-order valence-corrected chi connectivity index (χ2v) is 7.84. The Hall–Kier alpha value is -2.92. The average molecular weight is 407 g/mol. The Morgan fingerprint density at radius 2 is 1.62 bits per heavy atom. The Morgan fingerprint density at radius 3 is 2.31 bits per heavy atom. The van der Waals surface area contributed by atoms with Crippen LogP contribution in [0.3, 0.4) is 0 Å². The first-order chi connectivity index (χ1) is 14.2. The third-order valence-corrected chi connectivity index (χ3v) is 5.58. The highest BCUT2D eigenvalue weighted by Crippen LogP contribution is 2.19. The summed E-state index contributed by atoms with van der Waals surface area (Å²) in [5, 5.41) is 7.91. The van der Waals surface area contributed by atoms with Crippen LogP contribution in [0.4, 0.5) is 0 Å². The van der Waals surface area contributed by atoms with Gasteiger partial charge in [0.15, 0.2) is 0 Å². The zero-order valence-electron chi connectivity index (χ0n) is 16.3. The van der Waals surface area contributed by atoms with Crippen molar-refractivity contribution in [3.8, 4) is 0 Å². The number of carbonyl (C=O) groups is 2. The summed E-state index contributed by atoms with van der Waals surface area (Å²) >= 11 is 1.41. The van der Waals surface area contributed by atoms with Gasteiger partial charge in [-0.3, -0.25) is 9.59 Å². The predicted octanol–water partition coefficient (Wildman–Crippen LogP) is 4.75. The minimum atomic E-state index is -0.0783. The maximum absolute atomic E-state index is 12.5. The van der Waals surface area contributed by atoms with Crippen LogP contribution in [0, 0.1) is 0 Å². The molecule has 0 saturated heterocycles. The minimum Gasteiger partial charge on any atom is -0.351 e. The molecule has 0 fully saturated rings. The lowest BCUT2D eigenvalue weighted by molar-refractivity contribution is -0.122. The van der Waals surface area contributed by atoms with Crippen LogP contribution >= 0.6 is 11.3 Å². The van der Waals surface area contributed by atoms with E-state index in [4.69, 9.17) is 0 Å². The summed E-state index contributed by atoms with van der Waals surface area (Å²) in [5.74, 6) is -0.0669. The number of hydrogen-bond donors (Lipinski definition) is 2. The van der Waals surface area contributed by atoms with Crippen LogP contribution in [-0.4, -0.2) is 18.4 Å². The highest BCUT2D eigenvalue weighted by Gasteiger charge is 2.14. The fourth-order valence-electron chi connectivity index (χ4n) is 3.18. The van der Waals surface area contributed by atoms with Crippen molar-refractivity contribution in [2.75, 3.05) is 6.54 Å². The predicted molar refractivity (Wildman–Crippen MR) is 118 cm³/mol. The quantitative estimate of drug-likeness (QED) is 0.478.